The third-order valence-corrected chi connectivity index (χ3v) is 5.83. The van der Waals surface area contributed by atoms with Crippen LogP contribution in [0.2, 0.25) is 15.1 Å². The number of hydrogen-bond acceptors (Lipinski definition) is 4. The fourth-order valence-corrected chi connectivity index (χ4v) is 3.90. The highest BCUT2D eigenvalue weighted by Gasteiger charge is 2.16. The second-order valence-corrected chi connectivity index (χ2v) is 8.36. The first kappa shape index (κ1) is 23.6. The molecule has 0 aliphatic heterocycles. The zero-order valence-electron chi connectivity index (χ0n) is 17.6. The molecule has 2 aromatic heterocycles. The number of amides is 2. The third kappa shape index (κ3) is 4.84. The number of para-hydroxylation sites is 1. The molecule has 8 nitrogen and oxygen atoms in total. The quantitative estimate of drug-likeness (QED) is 0.388. The van der Waals surface area contributed by atoms with Crippen LogP contribution in [-0.2, 0) is 7.05 Å². The van der Waals surface area contributed by atoms with Crippen LogP contribution in [0.4, 0.5) is 11.5 Å². The molecule has 2 heterocycles. The minimum atomic E-state index is -0.553. The SMILES string of the molecule is Cn1nccc1NC(=O)c1ccc(Cl)c(NC(=O)c2ccc(=O)n(-c3c(Cl)cccc3Cl)c2)c1. The molecule has 0 saturated heterocycles. The smallest absolute Gasteiger partial charge is 0.257 e. The monoisotopic (exact) mass is 515 g/mol. The Labute approximate surface area is 208 Å². The highest BCUT2D eigenvalue weighted by atomic mass is 35.5. The molecule has 172 valence electrons. The Morgan fingerprint density at radius 2 is 1.53 bits per heavy atom. The molecule has 0 aliphatic rings. The number of pyridine rings is 1. The van der Waals surface area contributed by atoms with Crippen LogP contribution in [-0.4, -0.2) is 26.2 Å². The van der Waals surface area contributed by atoms with E-state index in [0.717, 1.165) is 0 Å². The summed E-state index contributed by atoms with van der Waals surface area (Å²) in [7, 11) is 1.69. The molecular weight excluding hydrogens is 501 g/mol. The van der Waals surface area contributed by atoms with E-state index in [0.29, 0.717) is 5.82 Å². The van der Waals surface area contributed by atoms with Crippen LogP contribution < -0.4 is 16.2 Å². The lowest BCUT2D eigenvalue weighted by Crippen LogP contribution is -2.21. The van der Waals surface area contributed by atoms with Gasteiger partial charge in [-0.15, -0.1) is 0 Å². The molecule has 4 rings (SSSR count). The van der Waals surface area contributed by atoms with Gasteiger partial charge in [-0.05, 0) is 36.4 Å². The Balaban J connectivity index is 1.61. The third-order valence-electron chi connectivity index (χ3n) is 4.89. The molecular formula is C23H16Cl3N5O3. The van der Waals surface area contributed by atoms with E-state index in [1.165, 1.54) is 45.8 Å². The summed E-state index contributed by atoms with van der Waals surface area (Å²) < 4.78 is 2.70. The maximum Gasteiger partial charge on any atom is 0.257 e. The number of benzene rings is 2. The van der Waals surface area contributed by atoms with Gasteiger partial charge in [-0.1, -0.05) is 40.9 Å². The molecule has 0 fully saturated rings. The predicted molar refractivity (Wildman–Crippen MR) is 133 cm³/mol. The highest BCUT2D eigenvalue weighted by molar-refractivity contribution is 6.37. The zero-order valence-corrected chi connectivity index (χ0v) is 19.8. The van der Waals surface area contributed by atoms with Crippen LogP contribution in [0.5, 0.6) is 0 Å². The summed E-state index contributed by atoms with van der Waals surface area (Å²) in [6.07, 6.45) is 2.88. The molecule has 2 N–H and O–H groups in total. The standard InChI is InChI=1S/C23H16Cl3N5O3/c1-30-19(9-10-27-30)29-22(33)13-5-7-15(24)18(11-13)28-23(34)14-6-8-20(32)31(12-14)21-16(25)3-2-4-17(21)26/h2-12H,1H3,(H,28,34)(H,29,33). The number of aromatic nitrogens is 3. The summed E-state index contributed by atoms with van der Waals surface area (Å²) >= 11 is 18.7. The van der Waals surface area contributed by atoms with E-state index in [2.05, 4.69) is 15.7 Å². The largest absolute Gasteiger partial charge is 0.321 e. The topological polar surface area (TPSA) is 98.0 Å². The average molecular weight is 517 g/mol. The van der Waals surface area contributed by atoms with Crippen molar-refractivity contribution in [2.45, 2.75) is 0 Å². The van der Waals surface area contributed by atoms with Gasteiger partial charge in [0, 0.05) is 30.9 Å². The lowest BCUT2D eigenvalue weighted by atomic mass is 10.1. The Bertz CT molecular complexity index is 1460. The van der Waals surface area contributed by atoms with Crippen LogP contribution in [0.15, 0.2) is 71.8 Å². The van der Waals surface area contributed by atoms with Gasteiger partial charge in [0.05, 0.1) is 38.2 Å². The molecule has 4 aromatic rings. The maximum absolute atomic E-state index is 12.9. The van der Waals surface area contributed by atoms with Gasteiger partial charge in [0.2, 0.25) is 0 Å². The van der Waals surface area contributed by atoms with Gasteiger partial charge in [-0.25, -0.2) is 0 Å². The van der Waals surface area contributed by atoms with Crippen LogP contribution in [0.25, 0.3) is 5.69 Å². The lowest BCUT2D eigenvalue weighted by molar-refractivity contribution is 0.101. The summed E-state index contributed by atoms with van der Waals surface area (Å²) in [4.78, 5) is 38.0. The number of carbonyl (C=O) groups is 2. The van der Waals surface area contributed by atoms with E-state index >= 15 is 0 Å². The minimum absolute atomic E-state index is 0.149. The first-order valence-corrected chi connectivity index (χ1v) is 11.0. The van der Waals surface area contributed by atoms with Crippen molar-refractivity contribution in [2.24, 2.45) is 7.05 Å². The fraction of sp³-hybridized carbons (Fsp3) is 0.0435. The van der Waals surface area contributed by atoms with Crippen LogP contribution in [0, 0.1) is 0 Å². The second kappa shape index (κ2) is 9.72. The van der Waals surface area contributed by atoms with Gasteiger partial charge >= 0.3 is 0 Å². The summed E-state index contributed by atoms with van der Waals surface area (Å²) in [5.41, 5.74) is 0.485. The van der Waals surface area contributed by atoms with E-state index in [9.17, 15) is 14.4 Å². The molecule has 0 bridgehead atoms. The van der Waals surface area contributed by atoms with Gasteiger partial charge in [0.25, 0.3) is 17.4 Å². The van der Waals surface area contributed by atoms with Crippen molar-refractivity contribution in [1.82, 2.24) is 14.3 Å². The summed E-state index contributed by atoms with van der Waals surface area (Å²) in [5.74, 6) is -0.452. The zero-order chi connectivity index (χ0) is 24.4. The first-order valence-electron chi connectivity index (χ1n) is 9.82. The van der Waals surface area contributed by atoms with Gasteiger partial charge in [-0.2, -0.15) is 5.10 Å². The normalized spacial score (nSPS) is 10.7. The van der Waals surface area contributed by atoms with Crippen molar-refractivity contribution in [2.75, 3.05) is 10.6 Å². The molecule has 0 radical (unpaired) electrons. The molecule has 2 amide bonds. The van der Waals surface area contributed by atoms with E-state index < -0.39 is 17.4 Å². The number of nitrogens with zero attached hydrogens (tertiary/aromatic N) is 3. The van der Waals surface area contributed by atoms with E-state index in [1.54, 1.807) is 37.5 Å². The number of anilines is 2. The van der Waals surface area contributed by atoms with Crippen LogP contribution in [0.3, 0.4) is 0 Å². The molecule has 0 saturated carbocycles. The first-order chi connectivity index (χ1) is 16.2. The summed E-state index contributed by atoms with van der Waals surface area (Å²) in [6.45, 7) is 0. The Morgan fingerprint density at radius 3 is 2.21 bits per heavy atom. The molecule has 34 heavy (non-hydrogen) atoms. The van der Waals surface area contributed by atoms with Crippen molar-refractivity contribution >= 4 is 58.1 Å². The number of hydrogen-bond donors (Lipinski definition) is 2. The van der Waals surface area contributed by atoms with Crippen molar-refractivity contribution in [3.05, 3.63) is 104 Å². The van der Waals surface area contributed by atoms with Gasteiger partial charge in [-0.3, -0.25) is 23.6 Å². The highest BCUT2D eigenvalue weighted by Crippen LogP contribution is 2.28. The van der Waals surface area contributed by atoms with E-state index in [-0.39, 0.29) is 37.6 Å². The fourth-order valence-electron chi connectivity index (χ4n) is 3.16. The molecule has 2 aromatic carbocycles. The van der Waals surface area contributed by atoms with Crippen LogP contribution in [0.1, 0.15) is 20.7 Å². The lowest BCUT2D eigenvalue weighted by Gasteiger charge is -2.13. The van der Waals surface area contributed by atoms with Crippen LogP contribution >= 0.6 is 34.8 Å². The van der Waals surface area contributed by atoms with Crippen molar-refractivity contribution < 1.29 is 9.59 Å². The van der Waals surface area contributed by atoms with Gasteiger partial charge in [0.1, 0.15) is 5.82 Å². The average Bonchev–Trinajstić information content (AvgIpc) is 3.20. The van der Waals surface area contributed by atoms with E-state index in [1.807, 2.05) is 0 Å². The maximum atomic E-state index is 12.9. The number of rotatable bonds is 5. The van der Waals surface area contributed by atoms with Crippen molar-refractivity contribution in [1.29, 1.82) is 0 Å². The molecule has 0 unspecified atom stereocenters. The minimum Gasteiger partial charge on any atom is -0.321 e. The summed E-state index contributed by atoms with van der Waals surface area (Å²) in [5, 5.41) is 10.1. The number of halogens is 3. The molecule has 0 aliphatic carbocycles. The number of aryl methyl sites for hydroxylation is 1. The number of nitrogens with one attached hydrogen (secondary N) is 2. The second-order valence-electron chi connectivity index (χ2n) is 7.14. The molecule has 0 atom stereocenters. The number of carbonyl (C=O) groups excluding carboxylic acids is 2. The van der Waals surface area contributed by atoms with Gasteiger partial charge < -0.3 is 10.6 Å². The Morgan fingerprint density at radius 1 is 0.853 bits per heavy atom. The molecule has 11 heteroatoms. The van der Waals surface area contributed by atoms with Crippen molar-refractivity contribution in [3.63, 3.8) is 0 Å². The van der Waals surface area contributed by atoms with Crippen molar-refractivity contribution in [3.8, 4) is 5.69 Å². The van der Waals surface area contributed by atoms with E-state index in [4.69, 9.17) is 34.8 Å². The summed E-state index contributed by atoms with van der Waals surface area (Å²) in [6, 6.07) is 13.6. The Kier molecular flexibility index (Phi) is 6.74. The Hall–Kier alpha value is -3.59. The molecule has 0 spiro atoms. The van der Waals surface area contributed by atoms with Gasteiger partial charge in [0.15, 0.2) is 0 Å². The predicted octanol–water partition coefficient (Wildman–Crippen LogP) is 5.04.